The van der Waals surface area contributed by atoms with E-state index in [-0.39, 0.29) is 17.9 Å². The standard InChI is InChI=1S/C20H27F3N2O/c21-20(22,23)17-8-6-15(7-9-17)14-25-12-10-18(11-13-25)24-19(26)16-4-2-1-3-5-16/h6-9,16,18H,1-5,10-14H2,(H,24,26). The van der Waals surface area contributed by atoms with E-state index in [2.05, 4.69) is 10.2 Å². The zero-order valence-corrected chi connectivity index (χ0v) is 15.0. The van der Waals surface area contributed by atoms with Crippen LogP contribution in [0.25, 0.3) is 0 Å². The minimum atomic E-state index is -4.28. The summed E-state index contributed by atoms with van der Waals surface area (Å²) in [5.74, 6) is 0.403. The van der Waals surface area contributed by atoms with Gasteiger partial charge in [-0.1, -0.05) is 31.4 Å². The van der Waals surface area contributed by atoms with Crippen LogP contribution in [0.4, 0.5) is 13.2 Å². The Morgan fingerprint density at radius 1 is 1.00 bits per heavy atom. The number of rotatable bonds is 4. The highest BCUT2D eigenvalue weighted by atomic mass is 19.4. The topological polar surface area (TPSA) is 32.3 Å². The molecule has 0 atom stereocenters. The van der Waals surface area contributed by atoms with Crippen LogP contribution in [0.3, 0.4) is 0 Å². The molecule has 3 nitrogen and oxygen atoms in total. The molecule has 0 unspecified atom stereocenters. The van der Waals surface area contributed by atoms with Crippen molar-refractivity contribution < 1.29 is 18.0 Å². The molecule has 1 aromatic rings. The predicted octanol–water partition coefficient (Wildman–Crippen LogP) is 4.37. The van der Waals surface area contributed by atoms with Crippen LogP contribution < -0.4 is 5.32 Å². The van der Waals surface area contributed by atoms with Gasteiger partial charge in [0.25, 0.3) is 0 Å². The van der Waals surface area contributed by atoms with Gasteiger partial charge < -0.3 is 5.32 Å². The monoisotopic (exact) mass is 368 g/mol. The highest BCUT2D eigenvalue weighted by Crippen LogP contribution is 2.29. The summed E-state index contributed by atoms with van der Waals surface area (Å²) in [7, 11) is 0. The highest BCUT2D eigenvalue weighted by molar-refractivity contribution is 5.79. The molecular formula is C20H27F3N2O. The summed E-state index contributed by atoms with van der Waals surface area (Å²) < 4.78 is 37.8. The molecule has 0 spiro atoms. The van der Waals surface area contributed by atoms with Gasteiger partial charge in [0.05, 0.1) is 5.56 Å². The first-order valence-corrected chi connectivity index (χ1v) is 9.61. The molecule has 1 aliphatic carbocycles. The maximum atomic E-state index is 12.6. The van der Waals surface area contributed by atoms with Crippen molar-refractivity contribution in [3.05, 3.63) is 35.4 Å². The molecule has 0 bridgehead atoms. The molecule has 1 amide bonds. The fourth-order valence-electron chi connectivity index (χ4n) is 3.98. The fourth-order valence-corrected chi connectivity index (χ4v) is 3.98. The SMILES string of the molecule is O=C(NC1CCN(Cc2ccc(C(F)(F)F)cc2)CC1)C1CCCCC1. The van der Waals surface area contributed by atoms with E-state index in [1.807, 2.05) is 0 Å². The van der Waals surface area contributed by atoms with E-state index in [9.17, 15) is 18.0 Å². The Bertz CT molecular complexity index is 586. The molecule has 1 N–H and O–H groups in total. The molecule has 1 saturated heterocycles. The molecule has 0 aromatic heterocycles. The summed E-state index contributed by atoms with van der Waals surface area (Å²) in [5, 5.41) is 3.21. The highest BCUT2D eigenvalue weighted by Gasteiger charge is 2.30. The maximum Gasteiger partial charge on any atom is 0.416 e. The number of benzene rings is 1. The van der Waals surface area contributed by atoms with Crippen molar-refractivity contribution in [2.45, 2.75) is 63.7 Å². The van der Waals surface area contributed by atoms with Crippen molar-refractivity contribution in [1.29, 1.82) is 0 Å². The third-order valence-electron chi connectivity index (χ3n) is 5.60. The van der Waals surface area contributed by atoms with E-state index >= 15 is 0 Å². The number of likely N-dealkylation sites (tertiary alicyclic amines) is 1. The van der Waals surface area contributed by atoms with Crippen LogP contribution in [0.1, 0.15) is 56.1 Å². The Balaban J connectivity index is 1.43. The van der Waals surface area contributed by atoms with Crippen LogP contribution in [0.5, 0.6) is 0 Å². The molecule has 6 heteroatoms. The van der Waals surface area contributed by atoms with E-state index in [1.54, 1.807) is 12.1 Å². The number of nitrogens with zero attached hydrogens (tertiary/aromatic N) is 1. The number of carbonyl (C=O) groups excluding carboxylic acids is 1. The Morgan fingerprint density at radius 2 is 1.62 bits per heavy atom. The second-order valence-electron chi connectivity index (χ2n) is 7.59. The lowest BCUT2D eigenvalue weighted by Crippen LogP contribution is -2.46. The number of hydrogen-bond acceptors (Lipinski definition) is 2. The molecule has 2 fully saturated rings. The lowest BCUT2D eigenvalue weighted by molar-refractivity contribution is -0.137. The summed E-state index contributed by atoms with van der Waals surface area (Å²) in [4.78, 5) is 14.6. The lowest BCUT2D eigenvalue weighted by Gasteiger charge is -2.33. The number of hydrogen-bond donors (Lipinski definition) is 1. The average molecular weight is 368 g/mol. The number of alkyl halides is 3. The van der Waals surface area contributed by atoms with Crippen molar-refractivity contribution in [3.8, 4) is 0 Å². The largest absolute Gasteiger partial charge is 0.416 e. The van der Waals surface area contributed by atoms with E-state index in [1.165, 1.54) is 6.42 Å². The van der Waals surface area contributed by atoms with Gasteiger partial charge in [-0.05, 0) is 43.4 Å². The van der Waals surface area contributed by atoms with E-state index in [0.29, 0.717) is 6.54 Å². The molecule has 1 saturated carbocycles. The van der Waals surface area contributed by atoms with Crippen LogP contribution in [-0.2, 0) is 17.5 Å². The van der Waals surface area contributed by atoms with E-state index in [4.69, 9.17) is 0 Å². The lowest BCUT2D eigenvalue weighted by atomic mass is 9.88. The van der Waals surface area contributed by atoms with Crippen LogP contribution >= 0.6 is 0 Å². The zero-order chi connectivity index (χ0) is 18.6. The molecule has 1 aliphatic heterocycles. The minimum Gasteiger partial charge on any atom is -0.353 e. The molecule has 1 heterocycles. The Morgan fingerprint density at radius 3 is 2.19 bits per heavy atom. The van der Waals surface area contributed by atoms with Gasteiger partial charge >= 0.3 is 6.18 Å². The van der Waals surface area contributed by atoms with Gasteiger partial charge in [-0.2, -0.15) is 13.2 Å². The third kappa shape index (κ3) is 5.22. The Kier molecular flexibility index (Phi) is 6.22. The molecular weight excluding hydrogens is 341 g/mol. The van der Waals surface area contributed by atoms with Crippen molar-refractivity contribution in [1.82, 2.24) is 10.2 Å². The number of amides is 1. The Labute approximate surface area is 152 Å². The van der Waals surface area contributed by atoms with Gasteiger partial charge in [0.15, 0.2) is 0 Å². The van der Waals surface area contributed by atoms with Crippen molar-refractivity contribution >= 4 is 5.91 Å². The summed E-state index contributed by atoms with van der Waals surface area (Å²) in [5.41, 5.74) is 0.285. The van der Waals surface area contributed by atoms with Crippen molar-refractivity contribution in [2.24, 2.45) is 5.92 Å². The molecule has 0 radical (unpaired) electrons. The van der Waals surface area contributed by atoms with Crippen LogP contribution in [0.15, 0.2) is 24.3 Å². The first kappa shape index (κ1) is 19.2. The second-order valence-corrected chi connectivity index (χ2v) is 7.59. The molecule has 26 heavy (non-hydrogen) atoms. The maximum absolute atomic E-state index is 12.6. The second kappa shape index (κ2) is 8.42. The molecule has 3 rings (SSSR count). The van der Waals surface area contributed by atoms with Crippen LogP contribution in [-0.4, -0.2) is 29.9 Å². The van der Waals surface area contributed by atoms with Crippen LogP contribution in [0.2, 0.25) is 0 Å². The van der Waals surface area contributed by atoms with E-state index in [0.717, 1.165) is 69.3 Å². The molecule has 2 aliphatic rings. The normalized spacial score (nSPS) is 20.9. The molecule has 1 aromatic carbocycles. The van der Waals surface area contributed by atoms with Gasteiger partial charge in [0, 0.05) is 31.6 Å². The molecule has 144 valence electrons. The van der Waals surface area contributed by atoms with Crippen LogP contribution in [0, 0.1) is 5.92 Å². The predicted molar refractivity (Wildman–Crippen MR) is 94.5 cm³/mol. The van der Waals surface area contributed by atoms with Gasteiger partial charge in [0.1, 0.15) is 0 Å². The fraction of sp³-hybridized carbons (Fsp3) is 0.650. The first-order chi connectivity index (χ1) is 12.4. The number of halogens is 3. The Hall–Kier alpha value is -1.56. The third-order valence-corrected chi connectivity index (χ3v) is 5.60. The van der Waals surface area contributed by atoms with Gasteiger partial charge in [-0.15, -0.1) is 0 Å². The van der Waals surface area contributed by atoms with Crippen molar-refractivity contribution in [2.75, 3.05) is 13.1 Å². The van der Waals surface area contributed by atoms with E-state index < -0.39 is 11.7 Å². The number of nitrogens with one attached hydrogen (secondary N) is 1. The van der Waals surface area contributed by atoms with Gasteiger partial charge in [-0.25, -0.2) is 0 Å². The summed E-state index contributed by atoms with van der Waals surface area (Å²) in [6, 6.07) is 5.63. The minimum absolute atomic E-state index is 0.189. The average Bonchev–Trinajstić information content (AvgIpc) is 2.64. The first-order valence-electron chi connectivity index (χ1n) is 9.61. The smallest absolute Gasteiger partial charge is 0.353 e. The summed E-state index contributed by atoms with van der Waals surface area (Å²) in [6.07, 6.45) is 3.10. The summed E-state index contributed by atoms with van der Waals surface area (Å²) >= 11 is 0. The number of carbonyl (C=O) groups is 1. The summed E-state index contributed by atoms with van der Waals surface area (Å²) in [6.45, 7) is 2.37. The van der Waals surface area contributed by atoms with Gasteiger partial charge in [0.2, 0.25) is 5.91 Å². The number of piperidine rings is 1. The van der Waals surface area contributed by atoms with Gasteiger partial charge in [-0.3, -0.25) is 9.69 Å². The quantitative estimate of drug-likeness (QED) is 0.856. The zero-order valence-electron chi connectivity index (χ0n) is 15.0. The van der Waals surface area contributed by atoms with Crippen molar-refractivity contribution in [3.63, 3.8) is 0 Å².